The van der Waals surface area contributed by atoms with E-state index in [0.29, 0.717) is 5.91 Å². The lowest BCUT2D eigenvalue weighted by atomic mass is 9.76. The Hall–Kier alpha value is -0.570. The fraction of sp³-hybridized carbons (Fsp3) is 0.909. The topological polar surface area (TPSA) is 32.3 Å². The fourth-order valence-electron chi connectivity index (χ4n) is 2.35. The Bertz CT molecular complexity index is 233. The van der Waals surface area contributed by atoms with Crippen LogP contribution >= 0.6 is 0 Å². The van der Waals surface area contributed by atoms with Crippen LogP contribution in [-0.4, -0.2) is 36.5 Å². The Morgan fingerprint density at radius 2 is 2.07 bits per heavy atom. The molecular formula is C11H20N2O. The molecule has 0 aliphatic carbocycles. The van der Waals surface area contributed by atoms with E-state index >= 15 is 0 Å². The molecule has 1 atom stereocenters. The van der Waals surface area contributed by atoms with E-state index in [1.807, 2.05) is 4.90 Å². The third kappa shape index (κ3) is 1.65. The van der Waals surface area contributed by atoms with Gasteiger partial charge in [0.15, 0.2) is 0 Å². The van der Waals surface area contributed by atoms with Gasteiger partial charge < -0.3 is 10.2 Å². The number of nitrogens with one attached hydrogen (secondary N) is 1. The monoisotopic (exact) mass is 196 g/mol. The number of carbonyl (C=O) groups is 1. The maximum absolute atomic E-state index is 12.1. The van der Waals surface area contributed by atoms with Crippen LogP contribution in [0.2, 0.25) is 0 Å². The number of nitrogens with zero attached hydrogens (tertiary/aromatic N) is 1. The standard InChI is InChI=1S/C11H20N2O/c1-11(2)5-3-6-12-9(11)10(14)13-7-4-8-13/h9,12H,3-8H2,1-2H3. The van der Waals surface area contributed by atoms with Crippen molar-refractivity contribution >= 4 is 5.91 Å². The van der Waals surface area contributed by atoms with Crippen molar-refractivity contribution in [3.63, 3.8) is 0 Å². The molecule has 14 heavy (non-hydrogen) atoms. The SMILES string of the molecule is CC1(C)CCCNC1C(=O)N1CCC1. The number of amides is 1. The number of rotatable bonds is 1. The van der Waals surface area contributed by atoms with E-state index in [9.17, 15) is 4.79 Å². The van der Waals surface area contributed by atoms with Crippen molar-refractivity contribution in [2.45, 2.75) is 39.2 Å². The van der Waals surface area contributed by atoms with E-state index in [2.05, 4.69) is 19.2 Å². The van der Waals surface area contributed by atoms with Crippen molar-refractivity contribution < 1.29 is 4.79 Å². The number of carbonyl (C=O) groups excluding carboxylic acids is 1. The van der Waals surface area contributed by atoms with Gasteiger partial charge in [-0.25, -0.2) is 0 Å². The molecule has 80 valence electrons. The second-order valence-corrected chi connectivity index (χ2v) is 5.16. The number of likely N-dealkylation sites (tertiary alicyclic amines) is 1. The van der Waals surface area contributed by atoms with Gasteiger partial charge in [0, 0.05) is 13.1 Å². The van der Waals surface area contributed by atoms with Gasteiger partial charge in [0.05, 0.1) is 6.04 Å². The highest BCUT2D eigenvalue weighted by Gasteiger charge is 2.40. The molecule has 0 bridgehead atoms. The highest BCUT2D eigenvalue weighted by Crippen LogP contribution is 2.31. The zero-order valence-electron chi connectivity index (χ0n) is 9.18. The quantitative estimate of drug-likeness (QED) is 0.678. The van der Waals surface area contributed by atoms with Gasteiger partial charge in [-0.1, -0.05) is 13.8 Å². The predicted octanol–water partition coefficient (Wildman–Crippen LogP) is 0.997. The fourth-order valence-corrected chi connectivity index (χ4v) is 2.35. The zero-order chi connectivity index (χ0) is 10.2. The van der Waals surface area contributed by atoms with Gasteiger partial charge in [0.25, 0.3) is 0 Å². The van der Waals surface area contributed by atoms with Crippen molar-refractivity contribution in [3.05, 3.63) is 0 Å². The summed E-state index contributed by atoms with van der Waals surface area (Å²) in [5.41, 5.74) is 0.130. The number of hydrogen-bond acceptors (Lipinski definition) is 2. The third-order valence-electron chi connectivity index (χ3n) is 3.54. The summed E-state index contributed by atoms with van der Waals surface area (Å²) in [6, 6.07) is 0.0524. The van der Waals surface area contributed by atoms with Crippen molar-refractivity contribution in [2.75, 3.05) is 19.6 Å². The molecule has 1 N–H and O–H groups in total. The summed E-state index contributed by atoms with van der Waals surface area (Å²) < 4.78 is 0. The lowest BCUT2D eigenvalue weighted by molar-refractivity contribution is -0.140. The van der Waals surface area contributed by atoms with Gasteiger partial charge >= 0.3 is 0 Å². The molecule has 2 aliphatic rings. The molecule has 1 amide bonds. The van der Waals surface area contributed by atoms with Crippen LogP contribution in [0.3, 0.4) is 0 Å². The van der Waals surface area contributed by atoms with Gasteiger partial charge in [-0.3, -0.25) is 4.79 Å². The van der Waals surface area contributed by atoms with Crippen molar-refractivity contribution in [2.24, 2.45) is 5.41 Å². The van der Waals surface area contributed by atoms with E-state index in [4.69, 9.17) is 0 Å². The second kappa shape index (κ2) is 3.54. The molecule has 3 nitrogen and oxygen atoms in total. The smallest absolute Gasteiger partial charge is 0.240 e. The average Bonchev–Trinajstić information content (AvgIpc) is 1.99. The molecule has 2 aliphatic heterocycles. The van der Waals surface area contributed by atoms with Crippen LogP contribution in [0.4, 0.5) is 0 Å². The van der Waals surface area contributed by atoms with Crippen LogP contribution in [0.5, 0.6) is 0 Å². The highest BCUT2D eigenvalue weighted by atomic mass is 16.2. The summed E-state index contributed by atoms with van der Waals surface area (Å²) in [6.45, 7) is 7.32. The van der Waals surface area contributed by atoms with Gasteiger partial charge in [-0.2, -0.15) is 0 Å². The Labute approximate surface area is 85.8 Å². The molecule has 2 rings (SSSR count). The lowest BCUT2D eigenvalue weighted by Crippen LogP contribution is -2.59. The summed E-state index contributed by atoms with van der Waals surface area (Å²) >= 11 is 0. The Balaban J connectivity index is 2.03. The Morgan fingerprint density at radius 3 is 2.57 bits per heavy atom. The Kier molecular flexibility index (Phi) is 2.52. The minimum atomic E-state index is 0.0524. The molecule has 2 saturated heterocycles. The van der Waals surface area contributed by atoms with Crippen LogP contribution in [0.25, 0.3) is 0 Å². The molecular weight excluding hydrogens is 176 g/mol. The van der Waals surface area contributed by atoms with E-state index in [1.165, 1.54) is 12.8 Å². The van der Waals surface area contributed by atoms with Gasteiger partial charge in [0.1, 0.15) is 0 Å². The van der Waals surface area contributed by atoms with Crippen molar-refractivity contribution in [1.29, 1.82) is 0 Å². The van der Waals surface area contributed by atoms with Crippen molar-refractivity contribution in [1.82, 2.24) is 10.2 Å². The summed E-state index contributed by atoms with van der Waals surface area (Å²) in [5.74, 6) is 0.320. The normalized spacial score (nSPS) is 31.0. The summed E-state index contributed by atoms with van der Waals surface area (Å²) in [7, 11) is 0. The zero-order valence-corrected chi connectivity index (χ0v) is 9.18. The largest absolute Gasteiger partial charge is 0.341 e. The maximum Gasteiger partial charge on any atom is 0.240 e. The van der Waals surface area contributed by atoms with E-state index in [1.54, 1.807) is 0 Å². The molecule has 2 fully saturated rings. The number of hydrogen-bond donors (Lipinski definition) is 1. The first-order valence-electron chi connectivity index (χ1n) is 5.63. The molecule has 0 spiro atoms. The molecule has 3 heteroatoms. The van der Waals surface area contributed by atoms with Crippen LogP contribution in [-0.2, 0) is 4.79 Å². The van der Waals surface area contributed by atoms with E-state index in [-0.39, 0.29) is 11.5 Å². The predicted molar refractivity (Wildman–Crippen MR) is 56.0 cm³/mol. The maximum atomic E-state index is 12.1. The molecule has 0 radical (unpaired) electrons. The summed E-state index contributed by atoms with van der Waals surface area (Å²) in [6.07, 6.45) is 3.53. The number of piperidine rings is 1. The molecule has 1 unspecified atom stereocenters. The minimum absolute atomic E-state index is 0.0524. The molecule has 2 heterocycles. The van der Waals surface area contributed by atoms with Crippen molar-refractivity contribution in [3.8, 4) is 0 Å². The minimum Gasteiger partial charge on any atom is -0.341 e. The van der Waals surface area contributed by atoms with Crippen LogP contribution in [0.1, 0.15) is 33.1 Å². The molecule has 0 aromatic heterocycles. The van der Waals surface area contributed by atoms with E-state index in [0.717, 1.165) is 26.1 Å². The first kappa shape index (κ1) is 9.97. The van der Waals surface area contributed by atoms with Crippen LogP contribution in [0, 0.1) is 5.41 Å². The first-order valence-corrected chi connectivity index (χ1v) is 5.63. The van der Waals surface area contributed by atoms with E-state index < -0.39 is 0 Å². The third-order valence-corrected chi connectivity index (χ3v) is 3.54. The summed E-state index contributed by atoms with van der Waals surface area (Å²) in [4.78, 5) is 14.0. The lowest BCUT2D eigenvalue weighted by Gasteiger charge is -2.43. The summed E-state index contributed by atoms with van der Waals surface area (Å²) in [5, 5.41) is 3.37. The second-order valence-electron chi connectivity index (χ2n) is 5.16. The van der Waals surface area contributed by atoms with Gasteiger partial charge in [-0.15, -0.1) is 0 Å². The van der Waals surface area contributed by atoms with Crippen LogP contribution < -0.4 is 5.32 Å². The molecule has 0 aromatic rings. The Morgan fingerprint density at radius 1 is 1.36 bits per heavy atom. The average molecular weight is 196 g/mol. The molecule has 0 aromatic carbocycles. The highest BCUT2D eigenvalue weighted by molar-refractivity contribution is 5.83. The van der Waals surface area contributed by atoms with Gasteiger partial charge in [0.2, 0.25) is 5.91 Å². The first-order chi connectivity index (χ1) is 6.61. The molecule has 0 saturated carbocycles. The van der Waals surface area contributed by atoms with Crippen LogP contribution in [0.15, 0.2) is 0 Å². The van der Waals surface area contributed by atoms with Gasteiger partial charge in [-0.05, 0) is 31.2 Å².